The molecule has 0 bridgehead atoms. The number of sulfone groups is 1. The van der Waals surface area contributed by atoms with Crippen LogP contribution in [0.15, 0.2) is 85.2 Å². The maximum absolute atomic E-state index is 13.1. The van der Waals surface area contributed by atoms with Gasteiger partial charge in [-0.3, -0.25) is 0 Å². The molecule has 58 heavy (non-hydrogen) atoms. The van der Waals surface area contributed by atoms with Crippen LogP contribution in [0.4, 0.5) is 38.0 Å². The first-order valence-corrected chi connectivity index (χ1v) is 21.1. The maximum atomic E-state index is 13.1. The number of alkyl halides is 6. The minimum Gasteiger partial charge on any atom is -0.366 e. The second-order valence-electron chi connectivity index (χ2n) is 15.1. The normalized spacial score (nSPS) is 20.4. The molecule has 2 fully saturated rings. The van der Waals surface area contributed by atoms with E-state index in [0.717, 1.165) is 75.6 Å². The molecule has 2 aliphatic rings. The fraction of sp³-hybridized carbons (Fsp3) is 0.400. The summed E-state index contributed by atoms with van der Waals surface area (Å²) in [7, 11) is -2.97. The van der Waals surface area contributed by atoms with Gasteiger partial charge in [-0.1, -0.05) is 24.3 Å². The van der Waals surface area contributed by atoms with Gasteiger partial charge in [0.05, 0.1) is 40.7 Å². The average Bonchev–Trinajstić information content (AvgIpc) is 3.80. The Morgan fingerprint density at radius 2 is 1.09 bits per heavy atom. The third-order valence-electron chi connectivity index (χ3n) is 10.6. The summed E-state index contributed by atoms with van der Waals surface area (Å²) in [6, 6.07) is 18.2. The Morgan fingerprint density at radius 1 is 0.655 bits per heavy atom. The van der Waals surface area contributed by atoms with Gasteiger partial charge in [0.15, 0.2) is 11.3 Å². The van der Waals surface area contributed by atoms with E-state index < -0.39 is 33.3 Å². The monoisotopic (exact) mass is 827 g/mol. The summed E-state index contributed by atoms with van der Waals surface area (Å²) >= 11 is 0. The number of rotatable bonds is 8. The van der Waals surface area contributed by atoms with E-state index >= 15 is 0 Å². The van der Waals surface area contributed by atoms with Crippen molar-refractivity contribution in [2.75, 3.05) is 22.6 Å². The van der Waals surface area contributed by atoms with Gasteiger partial charge in [0.25, 0.3) is 0 Å². The van der Waals surface area contributed by atoms with Crippen LogP contribution in [0, 0.1) is 5.92 Å². The Morgan fingerprint density at radius 3 is 1.50 bits per heavy atom. The molecular formula is C40H43F6N9O2S. The minimum atomic E-state index is -4.42. The number of anilines is 2. The number of halogens is 6. The van der Waals surface area contributed by atoms with E-state index in [1.165, 1.54) is 29.1 Å². The van der Waals surface area contributed by atoms with Crippen molar-refractivity contribution >= 4 is 32.8 Å². The lowest BCUT2D eigenvalue weighted by molar-refractivity contribution is -0.138. The van der Waals surface area contributed by atoms with E-state index in [1.54, 1.807) is 41.0 Å². The van der Waals surface area contributed by atoms with Gasteiger partial charge >= 0.3 is 12.4 Å². The van der Waals surface area contributed by atoms with Crippen molar-refractivity contribution in [2.24, 2.45) is 11.7 Å². The van der Waals surface area contributed by atoms with E-state index in [1.807, 2.05) is 6.07 Å². The molecule has 2 aliphatic carbocycles. The zero-order valence-corrected chi connectivity index (χ0v) is 32.3. The van der Waals surface area contributed by atoms with Gasteiger partial charge in [0.2, 0.25) is 0 Å². The van der Waals surface area contributed by atoms with Crippen molar-refractivity contribution in [3.63, 3.8) is 0 Å². The summed E-state index contributed by atoms with van der Waals surface area (Å²) in [4.78, 5) is 8.51. The van der Waals surface area contributed by atoms with Crippen LogP contribution in [0.2, 0.25) is 0 Å². The smallest absolute Gasteiger partial charge is 0.366 e. The number of aromatic nitrogens is 6. The molecule has 0 unspecified atom stereocenters. The SMILES string of the molecule is CS(=O)(=O)CC1CCC(Nc2ccc3ncc(-c4cccc(C(F)(F)F)c4)n3n2)CC1.NC1CCC(Nc2ccc3ncc(-c4cccc(C(F)(F)F)c4)n3n2)CC1. The van der Waals surface area contributed by atoms with Crippen LogP contribution in [0.5, 0.6) is 0 Å². The van der Waals surface area contributed by atoms with Crippen LogP contribution in [0.1, 0.15) is 62.5 Å². The largest absolute Gasteiger partial charge is 0.416 e. The third-order valence-corrected chi connectivity index (χ3v) is 11.6. The number of nitrogens with zero attached hydrogens (tertiary/aromatic N) is 6. The lowest BCUT2D eigenvalue weighted by Gasteiger charge is -2.29. The molecule has 0 radical (unpaired) electrons. The first kappa shape index (κ1) is 40.9. The number of imidazole rings is 2. The maximum Gasteiger partial charge on any atom is 0.416 e. The van der Waals surface area contributed by atoms with Gasteiger partial charge < -0.3 is 16.4 Å². The summed E-state index contributed by atoms with van der Waals surface area (Å²) < 4.78 is 104. The lowest BCUT2D eigenvalue weighted by atomic mass is 9.87. The topological polar surface area (TPSA) is 145 Å². The van der Waals surface area contributed by atoms with E-state index in [2.05, 4.69) is 30.8 Å². The molecule has 0 amide bonds. The first-order chi connectivity index (χ1) is 27.5. The van der Waals surface area contributed by atoms with Gasteiger partial charge in [-0.05, 0) is 106 Å². The summed E-state index contributed by atoms with van der Waals surface area (Å²) in [5.41, 5.74) is 7.44. The quantitative estimate of drug-likeness (QED) is 0.129. The van der Waals surface area contributed by atoms with Crippen LogP contribution >= 0.6 is 0 Å². The number of nitrogens with one attached hydrogen (secondary N) is 2. The Bertz CT molecular complexity index is 2470. The highest BCUT2D eigenvalue weighted by molar-refractivity contribution is 7.90. The van der Waals surface area contributed by atoms with Crippen molar-refractivity contribution in [1.29, 1.82) is 0 Å². The zero-order chi connectivity index (χ0) is 41.2. The average molecular weight is 828 g/mol. The van der Waals surface area contributed by atoms with Crippen molar-refractivity contribution in [3.05, 3.63) is 96.3 Å². The first-order valence-electron chi connectivity index (χ1n) is 19.0. The Labute approximate surface area is 331 Å². The highest BCUT2D eigenvalue weighted by Crippen LogP contribution is 2.34. The second kappa shape index (κ2) is 16.6. The Balaban J connectivity index is 0.000000178. The Hall–Kier alpha value is -5.23. The van der Waals surface area contributed by atoms with Crippen LogP contribution in [0.3, 0.4) is 0 Å². The van der Waals surface area contributed by atoms with Crippen LogP contribution in [0.25, 0.3) is 33.8 Å². The number of fused-ring (bicyclic) bond motifs is 2. The molecule has 308 valence electrons. The highest BCUT2D eigenvalue weighted by Gasteiger charge is 2.32. The fourth-order valence-electron chi connectivity index (χ4n) is 7.59. The van der Waals surface area contributed by atoms with Gasteiger partial charge in [-0.2, -0.15) is 26.3 Å². The second-order valence-corrected chi connectivity index (χ2v) is 17.3. The molecule has 0 saturated heterocycles. The molecule has 4 N–H and O–H groups in total. The molecule has 6 aromatic rings. The van der Waals surface area contributed by atoms with Crippen molar-refractivity contribution in [3.8, 4) is 22.5 Å². The minimum absolute atomic E-state index is 0.168. The van der Waals surface area contributed by atoms with Crippen LogP contribution in [-0.2, 0) is 22.2 Å². The van der Waals surface area contributed by atoms with Gasteiger partial charge in [-0.15, -0.1) is 10.2 Å². The van der Waals surface area contributed by atoms with E-state index in [-0.39, 0.29) is 23.8 Å². The molecule has 4 aromatic heterocycles. The standard InChI is InChI=1S/C21H23F3N4O2S.C19H20F3N5/c1-31(29,30)13-14-5-7-17(8-6-14)26-19-9-10-20-25-12-18(28(20)27-19)15-3-2-4-16(11-15)21(22,23)24;20-19(21,22)13-3-1-2-12(10-13)16-11-24-18-9-8-17(26-27(16)18)25-15-6-4-14(23)5-7-15/h2-4,9-12,14,17H,5-8,13H2,1H3,(H,26,27);1-3,8-11,14-15H,4-7,23H2,(H,25,26). The Kier molecular flexibility index (Phi) is 11.7. The van der Waals surface area contributed by atoms with Crippen LogP contribution in [-0.4, -0.2) is 67.7 Å². The predicted octanol–water partition coefficient (Wildman–Crippen LogP) is 8.53. The molecule has 0 atom stereocenters. The van der Waals surface area contributed by atoms with Gasteiger partial charge in [0, 0.05) is 35.5 Å². The zero-order valence-electron chi connectivity index (χ0n) is 31.5. The number of hydrogen-bond acceptors (Lipinski definition) is 9. The lowest BCUT2D eigenvalue weighted by Crippen LogP contribution is -2.33. The molecule has 0 aliphatic heterocycles. The molecular weight excluding hydrogens is 785 g/mol. The van der Waals surface area contributed by atoms with E-state index in [9.17, 15) is 34.8 Å². The summed E-state index contributed by atoms with van der Waals surface area (Å²) in [6.07, 6.45) is 2.74. The molecule has 11 nitrogen and oxygen atoms in total. The molecule has 8 rings (SSSR count). The number of hydrogen-bond donors (Lipinski definition) is 3. The molecule has 0 spiro atoms. The molecule has 2 saturated carbocycles. The van der Waals surface area contributed by atoms with Crippen molar-refractivity contribution in [1.82, 2.24) is 29.2 Å². The number of benzene rings is 2. The van der Waals surface area contributed by atoms with Crippen molar-refractivity contribution < 1.29 is 34.8 Å². The van der Waals surface area contributed by atoms with Crippen LogP contribution < -0.4 is 16.4 Å². The van der Waals surface area contributed by atoms with E-state index in [4.69, 9.17) is 5.73 Å². The highest BCUT2D eigenvalue weighted by atomic mass is 32.2. The van der Waals surface area contributed by atoms with E-state index in [0.29, 0.717) is 51.5 Å². The number of nitrogens with two attached hydrogens (primary N) is 1. The molecule has 2 aromatic carbocycles. The van der Waals surface area contributed by atoms with Crippen molar-refractivity contribution in [2.45, 2.75) is 81.8 Å². The molecule has 4 heterocycles. The molecule has 18 heteroatoms. The predicted molar refractivity (Wildman–Crippen MR) is 210 cm³/mol. The fourth-order valence-corrected chi connectivity index (χ4v) is 8.78. The third kappa shape index (κ3) is 10.1. The summed E-state index contributed by atoms with van der Waals surface area (Å²) in [5.74, 6) is 1.68. The van der Waals surface area contributed by atoms with Gasteiger partial charge in [-0.25, -0.2) is 27.4 Å². The summed E-state index contributed by atoms with van der Waals surface area (Å²) in [5, 5.41) is 15.9. The summed E-state index contributed by atoms with van der Waals surface area (Å²) in [6.45, 7) is 0. The van der Waals surface area contributed by atoms with Gasteiger partial charge in [0.1, 0.15) is 21.5 Å².